The van der Waals surface area contributed by atoms with Crippen LogP contribution in [0.4, 0.5) is 11.4 Å². The lowest BCUT2D eigenvalue weighted by Gasteiger charge is -2.27. The summed E-state index contributed by atoms with van der Waals surface area (Å²) in [5.74, 6) is 0.726. The van der Waals surface area contributed by atoms with Gasteiger partial charge in [-0.3, -0.25) is 10.1 Å². The number of nitrogens with one attached hydrogen (secondary N) is 1. The monoisotopic (exact) mass is 391 g/mol. The third-order valence-electron chi connectivity index (χ3n) is 4.76. The van der Waals surface area contributed by atoms with Gasteiger partial charge in [0.2, 0.25) is 10.0 Å². The molecule has 2 aromatic carbocycles. The third kappa shape index (κ3) is 3.74. The minimum atomic E-state index is -3.76. The first kappa shape index (κ1) is 19.1. The molecule has 1 unspecified atom stereocenters. The molecule has 0 aliphatic carbocycles. The molecular formula is C18H21N3O5S. The standard InChI is InChI=1S/C18H21N3O5S/c1-19-27(24,25)15-8-9-17(18(12-15)21(22)23)20-10-4-7-16(20)13-5-3-6-14(11-13)26-2/h3,5-6,8-9,11-12,16,19H,4,7,10H2,1-2H3. The molecule has 0 amide bonds. The van der Waals surface area contributed by atoms with E-state index in [1.165, 1.54) is 19.2 Å². The summed E-state index contributed by atoms with van der Waals surface area (Å²) in [6.45, 7) is 0.654. The van der Waals surface area contributed by atoms with E-state index in [0.717, 1.165) is 30.2 Å². The highest BCUT2D eigenvalue weighted by Crippen LogP contribution is 2.41. The fraction of sp³-hybridized carbons (Fsp3) is 0.333. The Labute approximate surface area is 158 Å². The fourth-order valence-electron chi connectivity index (χ4n) is 3.43. The van der Waals surface area contributed by atoms with Gasteiger partial charge >= 0.3 is 0 Å². The Morgan fingerprint density at radius 2 is 2.04 bits per heavy atom. The van der Waals surface area contributed by atoms with Crippen LogP contribution in [0.25, 0.3) is 0 Å². The molecule has 2 aromatic rings. The molecule has 1 atom stereocenters. The quantitative estimate of drug-likeness (QED) is 0.600. The molecule has 1 aliphatic rings. The second-order valence-electron chi connectivity index (χ2n) is 6.24. The number of nitrogens with zero attached hydrogens (tertiary/aromatic N) is 2. The van der Waals surface area contributed by atoms with Crippen molar-refractivity contribution in [3.8, 4) is 5.75 Å². The fourth-order valence-corrected chi connectivity index (χ4v) is 4.18. The van der Waals surface area contributed by atoms with E-state index in [-0.39, 0.29) is 16.6 Å². The molecule has 1 fully saturated rings. The first-order valence-electron chi connectivity index (χ1n) is 8.50. The van der Waals surface area contributed by atoms with Crippen molar-refractivity contribution in [3.05, 3.63) is 58.1 Å². The Morgan fingerprint density at radius 1 is 1.26 bits per heavy atom. The Kier molecular flexibility index (Phi) is 5.33. The second kappa shape index (κ2) is 7.53. The molecule has 144 valence electrons. The lowest BCUT2D eigenvalue weighted by atomic mass is 10.0. The summed E-state index contributed by atoms with van der Waals surface area (Å²) in [6.07, 6.45) is 1.73. The summed E-state index contributed by atoms with van der Waals surface area (Å²) in [6, 6.07) is 11.6. The van der Waals surface area contributed by atoms with Gasteiger partial charge in [-0.15, -0.1) is 0 Å². The van der Waals surface area contributed by atoms with Crippen LogP contribution in [-0.4, -0.2) is 34.0 Å². The van der Waals surface area contributed by atoms with Crippen molar-refractivity contribution in [2.75, 3.05) is 25.6 Å². The summed E-state index contributed by atoms with van der Waals surface area (Å²) in [5, 5.41) is 11.6. The van der Waals surface area contributed by atoms with E-state index >= 15 is 0 Å². The van der Waals surface area contributed by atoms with Gasteiger partial charge in [-0.2, -0.15) is 0 Å². The van der Waals surface area contributed by atoms with Crippen LogP contribution in [0.2, 0.25) is 0 Å². The maximum atomic E-state index is 12.0. The minimum Gasteiger partial charge on any atom is -0.497 e. The first-order valence-corrected chi connectivity index (χ1v) is 9.98. The Balaban J connectivity index is 2.05. The van der Waals surface area contributed by atoms with Gasteiger partial charge in [0, 0.05) is 12.6 Å². The molecule has 3 rings (SSSR count). The molecule has 27 heavy (non-hydrogen) atoms. The zero-order valence-electron chi connectivity index (χ0n) is 15.1. The van der Waals surface area contributed by atoms with Gasteiger partial charge in [-0.25, -0.2) is 13.1 Å². The molecule has 8 nitrogen and oxygen atoms in total. The summed E-state index contributed by atoms with van der Waals surface area (Å²) >= 11 is 0. The van der Waals surface area contributed by atoms with Crippen LogP contribution >= 0.6 is 0 Å². The van der Waals surface area contributed by atoms with Gasteiger partial charge in [-0.05, 0) is 49.7 Å². The predicted octanol–water partition coefficient (Wildman–Crippen LogP) is 2.85. The zero-order valence-corrected chi connectivity index (χ0v) is 15.9. The average molecular weight is 391 g/mol. The van der Waals surface area contributed by atoms with Gasteiger partial charge in [0.05, 0.1) is 23.0 Å². The van der Waals surface area contributed by atoms with Gasteiger partial charge in [0.15, 0.2) is 0 Å². The summed E-state index contributed by atoms with van der Waals surface area (Å²) in [7, 11) is -0.892. The largest absolute Gasteiger partial charge is 0.497 e. The van der Waals surface area contributed by atoms with Crippen LogP contribution in [0.1, 0.15) is 24.4 Å². The van der Waals surface area contributed by atoms with E-state index in [1.54, 1.807) is 7.11 Å². The molecule has 1 saturated heterocycles. The number of hydrogen-bond donors (Lipinski definition) is 1. The van der Waals surface area contributed by atoms with Gasteiger partial charge in [-0.1, -0.05) is 12.1 Å². The van der Waals surface area contributed by atoms with E-state index < -0.39 is 14.9 Å². The Bertz CT molecular complexity index is 961. The highest BCUT2D eigenvalue weighted by Gasteiger charge is 2.32. The van der Waals surface area contributed by atoms with Crippen molar-refractivity contribution >= 4 is 21.4 Å². The number of anilines is 1. The maximum Gasteiger partial charge on any atom is 0.293 e. The topological polar surface area (TPSA) is 102 Å². The van der Waals surface area contributed by atoms with E-state index in [1.807, 2.05) is 29.2 Å². The highest BCUT2D eigenvalue weighted by atomic mass is 32.2. The van der Waals surface area contributed by atoms with E-state index in [0.29, 0.717) is 12.2 Å². The van der Waals surface area contributed by atoms with Crippen molar-refractivity contribution in [1.82, 2.24) is 4.72 Å². The number of nitro benzene ring substituents is 1. The molecule has 9 heteroatoms. The van der Waals surface area contributed by atoms with Crippen LogP contribution in [-0.2, 0) is 10.0 Å². The van der Waals surface area contributed by atoms with Crippen molar-refractivity contribution in [1.29, 1.82) is 0 Å². The summed E-state index contributed by atoms with van der Waals surface area (Å²) in [4.78, 5) is 12.9. The Hall–Kier alpha value is -2.65. The second-order valence-corrected chi connectivity index (χ2v) is 8.13. The highest BCUT2D eigenvalue weighted by molar-refractivity contribution is 7.89. The summed E-state index contributed by atoms with van der Waals surface area (Å²) in [5.41, 5.74) is 1.20. The van der Waals surface area contributed by atoms with Crippen LogP contribution in [0.5, 0.6) is 5.75 Å². The molecule has 0 bridgehead atoms. The normalized spacial score (nSPS) is 17.1. The molecule has 0 saturated carbocycles. The number of rotatable bonds is 6. The third-order valence-corrected chi connectivity index (χ3v) is 6.18. The predicted molar refractivity (Wildman–Crippen MR) is 102 cm³/mol. The average Bonchev–Trinajstić information content (AvgIpc) is 3.17. The van der Waals surface area contributed by atoms with Crippen molar-refractivity contribution in [2.45, 2.75) is 23.8 Å². The van der Waals surface area contributed by atoms with E-state index in [9.17, 15) is 18.5 Å². The number of benzene rings is 2. The molecular weight excluding hydrogens is 370 g/mol. The van der Waals surface area contributed by atoms with Crippen molar-refractivity contribution < 1.29 is 18.1 Å². The number of methoxy groups -OCH3 is 1. The minimum absolute atomic E-state index is 0.0365. The first-order chi connectivity index (χ1) is 12.9. The van der Waals surface area contributed by atoms with E-state index in [2.05, 4.69) is 4.72 Å². The number of sulfonamides is 1. The number of ether oxygens (including phenoxy) is 1. The van der Waals surface area contributed by atoms with Crippen LogP contribution < -0.4 is 14.4 Å². The van der Waals surface area contributed by atoms with Gasteiger partial charge in [0.25, 0.3) is 5.69 Å². The van der Waals surface area contributed by atoms with Crippen LogP contribution in [0, 0.1) is 10.1 Å². The zero-order chi connectivity index (χ0) is 19.6. The van der Waals surface area contributed by atoms with Crippen molar-refractivity contribution in [2.24, 2.45) is 0 Å². The van der Waals surface area contributed by atoms with Crippen molar-refractivity contribution in [3.63, 3.8) is 0 Å². The molecule has 1 N–H and O–H groups in total. The van der Waals surface area contributed by atoms with Crippen LogP contribution in [0.15, 0.2) is 47.4 Å². The molecule has 0 radical (unpaired) electrons. The maximum absolute atomic E-state index is 12.0. The molecule has 0 aromatic heterocycles. The van der Waals surface area contributed by atoms with E-state index in [4.69, 9.17) is 4.74 Å². The lowest BCUT2D eigenvalue weighted by molar-refractivity contribution is -0.384. The van der Waals surface area contributed by atoms with Gasteiger partial charge < -0.3 is 9.64 Å². The summed E-state index contributed by atoms with van der Waals surface area (Å²) < 4.78 is 31.5. The van der Waals surface area contributed by atoms with Gasteiger partial charge in [0.1, 0.15) is 11.4 Å². The SMILES string of the molecule is CNS(=O)(=O)c1ccc(N2CCCC2c2cccc(OC)c2)c([N+](=O)[O-])c1. The Morgan fingerprint density at radius 3 is 2.70 bits per heavy atom. The lowest BCUT2D eigenvalue weighted by Crippen LogP contribution is -2.24. The molecule has 1 aliphatic heterocycles. The molecule has 0 spiro atoms. The number of hydrogen-bond acceptors (Lipinski definition) is 6. The number of nitro groups is 1. The molecule has 1 heterocycles. The smallest absolute Gasteiger partial charge is 0.293 e. The van der Waals surface area contributed by atoms with Crippen LogP contribution in [0.3, 0.4) is 0 Å².